The highest BCUT2D eigenvalue weighted by Gasteiger charge is 2.20. The molecule has 0 spiro atoms. The van der Waals surface area contributed by atoms with Gasteiger partial charge in [0.1, 0.15) is 12.7 Å². The van der Waals surface area contributed by atoms with Crippen LogP contribution < -0.4 is 14.4 Å². The molecule has 0 radical (unpaired) electrons. The number of aliphatic hydroxyl groups excluding tert-OH is 1. The van der Waals surface area contributed by atoms with Crippen LogP contribution in [-0.2, 0) is 0 Å². The number of piperazine rings is 1. The fourth-order valence-electron chi connectivity index (χ4n) is 3.51. The summed E-state index contributed by atoms with van der Waals surface area (Å²) in [5, 5.41) is 11.2. The first-order valence-corrected chi connectivity index (χ1v) is 10.5. The maximum absolute atomic E-state index is 11.5. The Kier molecular flexibility index (Phi) is 7.58. The van der Waals surface area contributed by atoms with Crippen LogP contribution in [0, 0.1) is 6.92 Å². The smallest absolute Gasteiger partial charge is 0.161 e. The lowest BCUT2D eigenvalue weighted by molar-refractivity contribution is 0.0653. The van der Waals surface area contributed by atoms with Crippen molar-refractivity contribution >= 4 is 23.1 Å². The van der Waals surface area contributed by atoms with Gasteiger partial charge < -0.3 is 19.5 Å². The second-order valence-electron chi connectivity index (χ2n) is 7.61. The van der Waals surface area contributed by atoms with Crippen molar-refractivity contribution in [2.24, 2.45) is 0 Å². The van der Waals surface area contributed by atoms with E-state index in [2.05, 4.69) is 15.9 Å². The Balaban J connectivity index is 1.47. The Bertz CT molecular complexity index is 882. The normalized spacial score (nSPS) is 15.7. The SMILES string of the molecule is COc1cc(C(C)=O)ccc1OCC(O)CN1CCN(c2ccc(C)c(Cl)c2)CC1. The monoisotopic (exact) mass is 432 g/mol. The molecular weight excluding hydrogens is 404 g/mol. The molecule has 30 heavy (non-hydrogen) atoms. The van der Waals surface area contributed by atoms with Crippen molar-refractivity contribution in [1.82, 2.24) is 4.90 Å². The molecule has 2 aromatic carbocycles. The number of rotatable bonds is 8. The lowest BCUT2D eigenvalue weighted by Crippen LogP contribution is -2.49. The Hall–Kier alpha value is -2.28. The van der Waals surface area contributed by atoms with E-state index in [0.29, 0.717) is 23.6 Å². The first-order valence-electron chi connectivity index (χ1n) is 10.1. The number of hydrogen-bond donors (Lipinski definition) is 1. The molecule has 1 N–H and O–H groups in total. The van der Waals surface area contributed by atoms with Crippen molar-refractivity contribution < 1.29 is 19.4 Å². The maximum Gasteiger partial charge on any atom is 0.161 e. The van der Waals surface area contributed by atoms with Gasteiger partial charge in [0.15, 0.2) is 17.3 Å². The molecule has 2 aromatic rings. The molecule has 1 heterocycles. The number of halogens is 1. The molecule has 0 aliphatic carbocycles. The van der Waals surface area contributed by atoms with E-state index in [-0.39, 0.29) is 12.4 Å². The van der Waals surface area contributed by atoms with Gasteiger partial charge in [-0.15, -0.1) is 0 Å². The highest BCUT2D eigenvalue weighted by Crippen LogP contribution is 2.28. The van der Waals surface area contributed by atoms with Gasteiger partial charge in [-0.1, -0.05) is 17.7 Å². The molecule has 6 nitrogen and oxygen atoms in total. The first-order chi connectivity index (χ1) is 14.4. The van der Waals surface area contributed by atoms with E-state index in [4.69, 9.17) is 21.1 Å². The summed E-state index contributed by atoms with van der Waals surface area (Å²) in [6, 6.07) is 11.2. The van der Waals surface area contributed by atoms with Crippen molar-refractivity contribution in [3.63, 3.8) is 0 Å². The van der Waals surface area contributed by atoms with Crippen LogP contribution in [0.4, 0.5) is 5.69 Å². The summed E-state index contributed by atoms with van der Waals surface area (Å²) in [5.41, 5.74) is 2.78. The van der Waals surface area contributed by atoms with Crippen LogP contribution in [0.2, 0.25) is 5.02 Å². The zero-order valence-corrected chi connectivity index (χ0v) is 18.5. The molecule has 0 aromatic heterocycles. The number of ether oxygens (including phenoxy) is 2. The van der Waals surface area contributed by atoms with E-state index in [1.165, 1.54) is 14.0 Å². The number of carbonyl (C=O) groups is 1. The predicted molar refractivity (Wildman–Crippen MR) is 119 cm³/mol. The van der Waals surface area contributed by atoms with E-state index in [1.54, 1.807) is 18.2 Å². The van der Waals surface area contributed by atoms with Crippen LogP contribution in [0.1, 0.15) is 22.8 Å². The Morgan fingerprint density at radius 1 is 1.13 bits per heavy atom. The molecule has 1 fully saturated rings. The lowest BCUT2D eigenvalue weighted by Gasteiger charge is -2.37. The fourth-order valence-corrected chi connectivity index (χ4v) is 3.68. The van der Waals surface area contributed by atoms with Crippen molar-refractivity contribution in [2.75, 3.05) is 51.3 Å². The number of carbonyl (C=O) groups excluding carboxylic acids is 1. The molecule has 0 amide bonds. The number of aliphatic hydroxyl groups is 1. The van der Waals surface area contributed by atoms with Gasteiger partial charge in [0, 0.05) is 49.0 Å². The molecule has 7 heteroatoms. The highest BCUT2D eigenvalue weighted by atomic mass is 35.5. The number of benzene rings is 2. The number of anilines is 1. The summed E-state index contributed by atoms with van der Waals surface area (Å²) >= 11 is 6.25. The second kappa shape index (κ2) is 10.2. The minimum atomic E-state index is -0.623. The van der Waals surface area contributed by atoms with Crippen molar-refractivity contribution in [2.45, 2.75) is 20.0 Å². The van der Waals surface area contributed by atoms with Crippen molar-refractivity contribution in [1.29, 1.82) is 0 Å². The number of nitrogens with zero attached hydrogens (tertiary/aromatic N) is 2. The third kappa shape index (κ3) is 5.65. The third-order valence-corrected chi connectivity index (χ3v) is 5.77. The second-order valence-corrected chi connectivity index (χ2v) is 8.01. The summed E-state index contributed by atoms with van der Waals surface area (Å²) in [6.07, 6.45) is -0.623. The Morgan fingerprint density at radius 2 is 1.87 bits per heavy atom. The number of β-amino-alcohol motifs (C(OH)–C–C–N with tert-alkyl or cyclic N) is 1. The zero-order valence-electron chi connectivity index (χ0n) is 17.7. The highest BCUT2D eigenvalue weighted by molar-refractivity contribution is 6.31. The first kappa shape index (κ1) is 22.4. The molecule has 1 unspecified atom stereocenters. The van der Waals surface area contributed by atoms with Gasteiger partial charge in [-0.3, -0.25) is 9.69 Å². The maximum atomic E-state index is 11.5. The molecular formula is C23H29ClN2O4. The third-order valence-electron chi connectivity index (χ3n) is 5.36. The molecule has 0 bridgehead atoms. The summed E-state index contributed by atoms with van der Waals surface area (Å²) in [4.78, 5) is 16.0. The minimum Gasteiger partial charge on any atom is -0.493 e. The molecule has 1 aliphatic heterocycles. The van der Waals surface area contributed by atoms with E-state index in [9.17, 15) is 9.90 Å². The molecule has 162 valence electrons. The average molecular weight is 433 g/mol. The van der Waals surface area contributed by atoms with E-state index >= 15 is 0 Å². The number of hydrogen-bond acceptors (Lipinski definition) is 6. The number of Topliss-reactive ketones (excluding diaryl/α,β-unsaturated/α-hetero) is 1. The van der Waals surface area contributed by atoms with E-state index in [1.807, 2.05) is 19.1 Å². The Labute approximate surface area is 183 Å². The molecule has 1 aliphatic rings. The van der Waals surface area contributed by atoms with E-state index < -0.39 is 6.10 Å². The van der Waals surface area contributed by atoms with Gasteiger partial charge in [-0.05, 0) is 49.7 Å². The van der Waals surface area contributed by atoms with Crippen molar-refractivity contribution in [3.8, 4) is 11.5 Å². The predicted octanol–water partition coefficient (Wildman–Crippen LogP) is 3.42. The summed E-state index contributed by atoms with van der Waals surface area (Å²) < 4.78 is 11.0. The van der Waals surface area contributed by atoms with Gasteiger partial charge in [-0.25, -0.2) is 0 Å². The van der Waals surface area contributed by atoms with Crippen LogP contribution in [0.5, 0.6) is 11.5 Å². The lowest BCUT2D eigenvalue weighted by atomic mass is 10.1. The molecule has 0 saturated carbocycles. The number of methoxy groups -OCH3 is 1. The Morgan fingerprint density at radius 3 is 2.50 bits per heavy atom. The number of ketones is 1. The van der Waals surface area contributed by atoms with Gasteiger partial charge in [-0.2, -0.15) is 0 Å². The number of aryl methyl sites for hydroxylation is 1. The van der Waals surface area contributed by atoms with Crippen LogP contribution >= 0.6 is 11.6 Å². The van der Waals surface area contributed by atoms with E-state index in [0.717, 1.165) is 42.5 Å². The standard InChI is InChI=1S/C23H29ClN2O4/c1-16-4-6-19(13-21(16)24)26-10-8-25(9-11-26)14-20(28)15-30-22-7-5-18(17(2)27)12-23(22)29-3/h4-7,12-13,20,28H,8-11,14-15H2,1-3H3. The minimum absolute atomic E-state index is 0.0352. The van der Waals surface area contributed by atoms with Crippen LogP contribution in [-0.4, -0.2) is 68.3 Å². The fraction of sp³-hybridized carbons (Fsp3) is 0.435. The largest absolute Gasteiger partial charge is 0.493 e. The average Bonchev–Trinajstić information content (AvgIpc) is 2.74. The summed E-state index contributed by atoms with van der Waals surface area (Å²) in [5.74, 6) is 0.967. The summed E-state index contributed by atoms with van der Waals surface area (Å²) in [7, 11) is 1.53. The molecule has 3 rings (SSSR count). The van der Waals surface area contributed by atoms with Crippen LogP contribution in [0.3, 0.4) is 0 Å². The zero-order chi connectivity index (χ0) is 21.7. The topological polar surface area (TPSA) is 62.2 Å². The molecule has 1 atom stereocenters. The van der Waals surface area contributed by atoms with Gasteiger partial charge in [0.2, 0.25) is 0 Å². The van der Waals surface area contributed by atoms with Crippen molar-refractivity contribution in [3.05, 3.63) is 52.5 Å². The van der Waals surface area contributed by atoms with Crippen LogP contribution in [0.15, 0.2) is 36.4 Å². The quantitative estimate of drug-likeness (QED) is 0.645. The molecule has 1 saturated heterocycles. The van der Waals surface area contributed by atoms with Gasteiger partial charge in [0.05, 0.1) is 7.11 Å². The van der Waals surface area contributed by atoms with Gasteiger partial charge >= 0.3 is 0 Å². The summed E-state index contributed by atoms with van der Waals surface area (Å²) in [6.45, 7) is 7.69. The van der Waals surface area contributed by atoms with Gasteiger partial charge in [0.25, 0.3) is 0 Å². The van der Waals surface area contributed by atoms with Crippen LogP contribution in [0.25, 0.3) is 0 Å².